The van der Waals surface area contributed by atoms with Crippen molar-refractivity contribution in [3.05, 3.63) is 35.5 Å². The first-order chi connectivity index (χ1) is 5.77. The molecule has 70 valence electrons. The summed E-state index contributed by atoms with van der Waals surface area (Å²) in [6.07, 6.45) is 4.12. The van der Waals surface area contributed by atoms with Crippen molar-refractivity contribution in [2.75, 3.05) is 12.8 Å². The molecule has 0 spiro atoms. The largest absolute Gasteiger partial charge is 0.398 e. The number of nitrogens with two attached hydrogens (primary N) is 1. The Morgan fingerprint density at radius 2 is 2.15 bits per heavy atom. The topological polar surface area (TPSA) is 29.3 Å². The summed E-state index contributed by atoms with van der Waals surface area (Å²) in [6, 6.07) is 6.06. The molecule has 0 aromatic heterocycles. The maximum absolute atomic E-state index is 5.82. The van der Waals surface area contributed by atoms with Crippen LogP contribution in [-0.2, 0) is 6.54 Å². The molecule has 0 unspecified atom stereocenters. The van der Waals surface area contributed by atoms with E-state index < -0.39 is 0 Å². The van der Waals surface area contributed by atoms with Crippen LogP contribution < -0.4 is 5.73 Å². The monoisotopic (exact) mass is 288 g/mol. The summed E-state index contributed by atoms with van der Waals surface area (Å²) in [5, 5.41) is 0. The molecule has 2 rings (SSSR count). The van der Waals surface area contributed by atoms with Crippen molar-refractivity contribution in [2.24, 2.45) is 0 Å². The molecule has 0 radical (unpaired) electrons. The molecule has 2 nitrogen and oxygen atoms in total. The Bertz CT molecular complexity index is 334. The van der Waals surface area contributed by atoms with E-state index in [1.165, 1.54) is 11.1 Å². The van der Waals surface area contributed by atoms with E-state index in [1.54, 1.807) is 0 Å². The zero-order valence-electron chi connectivity index (χ0n) is 7.53. The lowest BCUT2D eigenvalue weighted by atomic mass is 10.0. The molecule has 0 fully saturated rings. The molecule has 0 saturated heterocycles. The lowest BCUT2D eigenvalue weighted by Gasteiger charge is -2.21. The van der Waals surface area contributed by atoms with E-state index in [4.69, 9.17) is 5.73 Å². The highest BCUT2D eigenvalue weighted by Gasteiger charge is 2.08. The maximum Gasteiger partial charge on any atom is 0.0427 e. The van der Waals surface area contributed by atoms with E-state index >= 15 is 0 Å². The quantitative estimate of drug-likeness (QED) is 0.586. The minimum atomic E-state index is 0. The van der Waals surface area contributed by atoms with Crippen molar-refractivity contribution in [1.29, 1.82) is 0 Å². The van der Waals surface area contributed by atoms with Crippen LogP contribution in [0.3, 0.4) is 0 Å². The second-order valence-corrected chi connectivity index (χ2v) is 3.15. The zero-order chi connectivity index (χ0) is 8.55. The van der Waals surface area contributed by atoms with Crippen LogP contribution >= 0.6 is 24.0 Å². The van der Waals surface area contributed by atoms with Crippen LogP contribution in [0.2, 0.25) is 0 Å². The fraction of sp³-hybridized carbons (Fsp3) is 0.200. The van der Waals surface area contributed by atoms with Crippen LogP contribution in [0.1, 0.15) is 11.1 Å². The maximum atomic E-state index is 5.82. The summed E-state index contributed by atoms with van der Waals surface area (Å²) in [5.41, 5.74) is 9.17. The van der Waals surface area contributed by atoms with E-state index in [9.17, 15) is 0 Å². The van der Waals surface area contributed by atoms with Crippen LogP contribution in [0.25, 0.3) is 6.08 Å². The van der Waals surface area contributed by atoms with Gasteiger partial charge in [-0.3, -0.25) is 0 Å². The highest BCUT2D eigenvalue weighted by atomic mass is 127. The lowest BCUT2D eigenvalue weighted by Crippen LogP contribution is -2.14. The molecule has 0 saturated carbocycles. The Morgan fingerprint density at radius 1 is 1.38 bits per heavy atom. The first-order valence-electron chi connectivity index (χ1n) is 4.03. The third kappa shape index (κ3) is 1.96. The molecule has 0 atom stereocenters. The van der Waals surface area contributed by atoms with Gasteiger partial charge in [-0.05, 0) is 23.9 Å². The van der Waals surface area contributed by atoms with Crippen molar-refractivity contribution in [2.45, 2.75) is 6.54 Å². The molecular weight excluding hydrogens is 275 g/mol. The molecule has 2 N–H and O–H groups in total. The summed E-state index contributed by atoms with van der Waals surface area (Å²) >= 11 is 0. The van der Waals surface area contributed by atoms with Crippen LogP contribution in [0.15, 0.2) is 24.4 Å². The number of hydrogen-bond acceptors (Lipinski definition) is 2. The zero-order valence-corrected chi connectivity index (χ0v) is 9.86. The Balaban J connectivity index is 0.000000845. The third-order valence-electron chi connectivity index (χ3n) is 2.15. The van der Waals surface area contributed by atoms with Crippen LogP contribution in [0.4, 0.5) is 5.69 Å². The molecule has 0 amide bonds. The molecule has 13 heavy (non-hydrogen) atoms. The highest BCUT2D eigenvalue weighted by molar-refractivity contribution is 14.0. The van der Waals surface area contributed by atoms with Gasteiger partial charge in [-0.25, -0.2) is 0 Å². The van der Waals surface area contributed by atoms with Crippen LogP contribution in [0.5, 0.6) is 0 Å². The van der Waals surface area contributed by atoms with Crippen LogP contribution in [0, 0.1) is 0 Å². The van der Waals surface area contributed by atoms with Gasteiger partial charge in [0.2, 0.25) is 0 Å². The van der Waals surface area contributed by atoms with Gasteiger partial charge < -0.3 is 10.6 Å². The fourth-order valence-corrected chi connectivity index (χ4v) is 1.50. The van der Waals surface area contributed by atoms with E-state index in [2.05, 4.69) is 30.3 Å². The summed E-state index contributed by atoms with van der Waals surface area (Å²) < 4.78 is 0. The first kappa shape index (κ1) is 10.4. The molecule has 1 aliphatic heterocycles. The standard InChI is InChI=1S/C10H12N2.HI/c1-12-6-5-9-8(7-12)3-2-4-10(9)11;/h2-6H,7,11H2,1H3;1H. The van der Waals surface area contributed by atoms with Gasteiger partial charge in [0, 0.05) is 24.8 Å². The summed E-state index contributed by atoms with van der Waals surface area (Å²) in [6.45, 7) is 0.955. The molecule has 1 aromatic carbocycles. The molecular formula is C10H13IN2. The fourth-order valence-electron chi connectivity index (χ4n) is 1.50. The average Bonchev–Trinajstić information content (AvgIpc) is 2.04. The van der Waals surface area contributed by atoms with Crippen molar-refractivity contribution in [1.82, 2.24) is 4.90 Å². The number of halogens is 1. The second-order valence-electron chi connectivity index (χ2n) is 3.15. The Labute approximate surface area is 95.4 Å². The smallest absolute Gasteiger partial charge is 0.0427 e. The number of rotatable bonds is 0. The normalized spacial score (nSPS) is 13.5. The lowest BCUT2D eigenvalue weighted by molar-refractivity contribution is 0.448. The van der Waals surface area contributed by atoms with Gasteiger partial charge in [-0.1, -0.05) is 12.1 Å². The summed E-state index contributed by atoms with van der Waals surface area (Å²) in [4.78, 5) is 2.14. The highest BCUT2D eigenvalue weighted by Crippen LogP contribution is 2.23. The van der Waals surface area contributed by atoms with Gasteiger partial charge in [0.15, 0.2) is 0 Å². The van der Waals surface area contributed by atoms with E-state index in [0.717, 1.165) is 12.2 Å². The Hall–Kier alpha value is -0.710. The third-order valence-corrected chi connectivity index (χ3v) is 2.15. The van der Waals surface area contributed by atoms with Gasteiger partial charge in [0.25, 0.3) is 0 Å². The SMILES string of the molecule is CN1C=Cc2c(N)cccc2C1.I. The van der Waals surface area contributed by atoms with Crippen molar-refractivity contribution in [3.8, 4) is 0 Å². The molecule has 1 aliphatic rings. The second kappa shape index (κ2) is 4.00. The molecule has 1 heterocycles. The van der Waals surface area contributed by atoms with Gasteiger partial charge in [-0.2, -0.15) is 0 Å². The molecule has 3 heteroatoms. The molecule has 0 bridgehead atoms. The van der Waals surface area contributed by atoms with Crippen molar-refractivity contribution < 1.29 is 0 Å². The number of fused-ring (bicyclic) bond motifs is 1. The number of benzene rings is 1. The Kier molecular flexibility index (Phi) is 3.19. The van der Waals surface area contributed by atoms with Gasteiger partial charge in [0.1, 0.15) is 0 Å². The van der Waals surface area contributed by atoms with Crippen molar-refractivity contribution in [3.63, 3.8) is 0 Å². The minimum Gasteiger partial charge on any atom is -0.398 e. The predicted molar refractivity (Wildman–Crippen MR) is 66.8 cm³/mol. The summed E-state index contributed by atoms with van der Waals surface area (Å²) in [5.74, 6) is 0. The van der Waals surface area contributed by atoms with E-state index in [-0.39, 0.29) is 24.0 Å². The average molecular weight is 288 g/mol. The number of nitrogen functional groups attached to an aromatic ring is 1. The van der Waals surface area contributed by atoms with Gasteiger partial charge in [0.05, 0.1) is 0 Å². The van der Waals surface area contributed by atoms with E-state index in [0.29, 0.717) is 0 Å². The number of nitrogens with zero attached hydrogens (tertiary/aromatic N) is 1. The predicted octanol–water partition coefficient (Wildman–Crippen LogP) is 2.30. The van der Waals surface area contributed by atoms with Gasteiger partial charge in [-0.15, -0.1) is 24.0 Å². The molecule has 1 aromatic rings. The number of anilines is 1. The molecule has 0 aliphatic carbocycles. The Morgan fingerprint density at radius 3 is 2.92 bits per heavy atom. The van der Waals surface area contributed by atoms with Crippen molar-refractivity contribution >= 4 is 35.7 Å². The summed E-state index contributed by atoms with van der Waals surface area (Å²) in [7, 11) is 2.06. The first-order valence-corrected chi connectivity index (χ1v) is 4.03. The van der Waals surface area contributed by atoms with Gasteiger partial charge >= 0.3 is 0 Å². The van der Waals surface area contributed by atoms with Crippen LogP contribution in [-0.4, -0.2) is 11.9 Å². The minimum absolute atomic E-state index is 0. The van der Waals surface area contributed by atoms with E-state index in [1.807, 2.05) is 12.1 Å². The number of hydrogen-bond donors (Lipinski definition) is 1.